The maximum Gasteiger partial charge on any atom is 0.274 e. The molecule has 0 bridgehead atoms. The van der Waals surface area contributed by atoms with E-state index in [0.29, 0.717) is 11.7 Å². The predicted molar refractivity (Wildman–Crippen MR) is 97.9 cm³/mol. The van der Waals surface area contributed by atoms with Crippen LogP contribution in [0.2, 0.25) is 0 Å². The monoisotopic (exact) mass is 341 g/mol. The SMILES string of the molecule is Cc1ccn2cc(C(=O)N3CCN(C4CCN(C)CC4)CC3)nc2c1. The fourth-order valence-corrected chi connectivity index (χ4v) is 4.00. The molecule has 2 fully saturated rings. The average Bonchev–Trinajstić information content (AvgIpc) is 3.05. The standard InChI is InChI=1S/C19H27N5O/c1-15-3-8-24-14-17(20-18(24)13-15)19(25)23-11-9-22(10-12-23)16-4-6-21(2)7-5-16/h3,8,13-14,16H,4-7,9-12H2,1-2H3. The Labute approximate surface area is 149 Å². The molecule has 0 aromatic carbocycles. The number of carbonyl (C=O) groups is 1. The van der Waals surface area contributed by atoms with E-state index in [0.717, 1.165) is 37.4 Å². The number of fused-ring (bicyclic) bond motifs is 1. The summed E-state index contributed by atoms with van der Waals surface area (Å²) in [4.78, 5) is 24.3. The second-order valence-corrected chi connectivity index (χ2v) is 7.46. The first-order chi connectivity index (χ1) is 12.1. The number of hydrogen-bond donors (Lipinski definition) is 0. The molecule has 134 valence electrons. The van der Waals surface area contributed by atoms with Crippen molar-refractivity contribution in [3.63, 3.8) is 0 Å². The second-order valence-electron chi connectivity index (χ2n) is 7.46. The molecule has 2 saturated heterocycles. The van der Waals surface area contributed by atoms with Crippen LogP contribution in [0.25, 0.3) is 5.65 Å². The molecule has 0 radical (unpaired) electrons. The molecule has 2 aromatic heterocycles. The first-order valence-corrected chi connectivity index (χ1v) is 9.27. The lowest BCUT2D eigenvalue weighted by atomic mass is 10.0. The van der Waals surface area contributed by atoms with E-state index in [4.69, 9.17) is 0 Å². The number of aromatic nitrogens is 2. The summed E-state index contributed by atoms with van der Waals surface area (Å²) in [7, 11) is 2.20. The van der Waals surface area contributed by atoms with E-state index in [1.165, 1.54) is 25.9 Å². The summed E-state index contributed by atoms with van der Waals surface area (Å²) >= 11 is 0. The van der Waals surface area contributed by atoms with Gasteiger partial charge in [-0.2, -0.15) is 0 Å². The smallest absolute Gasteiger partial charge is 0.274 e. The molecule has 0 saturated carbocycles. The van der Waals surface area contributed by atoms with E-state index in [-0.39, 0.29) is 5.91 Å². The van der Waals surface area contributed by atoms with Gasteiger partial charge in [-0.25, -0.2) is 4.98 Å². The molecule has 6 nitrogen and oxygen atoms in total. The van der Waals surface area contributed by atoms with Gasteiger partial charge < -0.3 is 14.2 Å². The number of nitrogens with zero attached hydrogens (tertiary/aromatic N) is 5. The zero-order chi connectivity index (χ0) is 17.4. The van der Waals surface area contributed by atoms with Crippen LogP contribution in [-0.4, -0.2) is 82.3 Å². The normalized spacial score (nSPS) is 21.1. The van der Waals surface area contributed by atoms with Crippen molar-refractivity contribution < 1.29 is 4.79 Å². The molecule has 0 N–H and O–H groups in total. The van der Waals surface area contributed by atoms with Crippen LogP contribution in [0.15, 0.2) is 24.5 Å². The third kappa shape index (κ3) is 3.41. The summed E-state index contributed by atoms with van der Waals surface area (Å²) in [5.74, 6) is 0.0596. The zero-order valence-corrected chi connectivity index (χ0v) is 15.2. The van der Waals surface area contributed by atoms with Crippen LogP contribution >= 0.6 is 0 Å². The molecule has 0 unspecified atom stereocenters. The fraction of sp³-hybridized carbons (Fsp3) is 0.579. The van der Waals surface area contributed by atoms with Gasteiger partial charge in [0.05, 0.1) is 0 Å². The molecule has 25 heavy (non-hydrogen) atoms. The van der Waals surface area contributed by atoms with E-state index in [9.17, 15) is 4.79 Å². The lowest BCUT2D eigenvalue weighted by molar-refractivity contribution is 0.0471. The van der Waals surface area contributed by atoms with Crippen molar-refractivity contribution in [3.05, 3.63) is 35.8 Å². The number of aryl methyl sites for hydroxylation is 1. The third-order valence-electron chi connectivity index (χ3n) is 5.64. The molecule has 0 atom stereocenters. The second kappa shape index (κ2) is 6.77. The number of carbonyl (C=O) groups excluding carboxylic acids is 1. The summed E-state index contributed by atoms with van der Waals surface area (Å²) < 4.78 is 1.93. The molecule has 2 aromatic rings. The zero-order valence-electron chi connectivity index (χ0n) is 15.2. The molecule has 0 spiro atoms. The number of piperazine rings is 1. The molecule has 6 heteroatoms. The lowest BCUT2D eigenvalue weighted by Crippen LogP contribution is -2.54. The Morgan fingerprint density at radius 1 is 1.12 bits per heavy atom. The Kier molecular flexibility index (Phi) is 4.48. The Bertz CT molecular complexity index is 754. The largest absolute Gasteiger partial charge is 0.335 e. The van der Waals surface area contributed by atoms with Crippen molar-refractivity contribution in [1.82, 2.24) is 24.1 Å². The number of rotatable bonds is 2. The van der Waals surface area contributed by atoms with Crippen molar-refractivity contribution in [2.24, 2.45) is 0 Å². The van der Waals surface area contributed by atoms with Crippen molar-refractivity contribution in [1.29, 1.82) is 0 Å². The van der Waals surface area contributed by atoms with E-state index in [2.05, 4.69) is 21.8 Å². The van der Waals surface area contributed by atoms with Crippen molar-refractivity contribution >= 4 is 11.6 Å². The molecular weight excluding hydrogens is 314 g/mol. The van der Waals surface area contributed by atoms with Crippen LogP contribution in [0, 0.1) is 6.92 Å². The van der Waals surface area contributed by atoms with Crippen LogP contribution in [0.5, 0.6) is 0 Å². The highest BCUT2D eigenvalue weighted by atomic mass is 16.2. The van der Waals surface area contributed by atoms with Gasteiger partial charge in [0.25, 0.3) is 5.91 Å². The number of pyridine rings is 1. The van der Waals surface area contributed by atoms with Gasteiger partial charge in [-0.05, 0) is 57.6 Å². The first-order valence-electron chi connectivity index (χ1n) is 9.27. The molecule has 4 heterocycles. The van der Waals surface area contributed by atoms with Crippen LogP contribution in [0.4, 0.5) is 0 Å². The third-order valence-corrected chi connectivity index (χ3v) is 5.64. The van der Waals surface area contributed by atoms with Crippen molar-refractivity contribution in [3.8, 4) is 0 Å². The van der Waals surface area contributed by atoms with Gasteiger partial charge in [-0.3, -0.25) is 9.69 Å². The number of imidazole rings is 1. The Hall–Kier alpha value is -1.92. The maximum atomic E-state index is 12.8. The molecule has 1 amide bonds. The summed E-state index contributed by atoms with van der Waals surface area (Å²) in [6, 6.07) is 4.73. The highest BCUT2D eigenvalue weighted by Crippen LogP contribution is 2.18. The fourth-order valence-electron chi connectivity index (χ4n) is 4.00. The molecule has 2 aliphatic rings. The molecular formula is C19H27N5O. The van der Waals surface area contributed by atoms with Gasteiger partial charge in [-0.15, -0.1) is 0 Å². The predicted octanol–water partition coefficient (Wildman–Crippen LogP) is 1.49. The topological polar surface area (TPSA) is 44.1 Å². The average molecular weight is 341 g/mol. The number of hydrogen-bond acceptors (Lipinski definition) is 4. The van der Waals surface area contributed by atoms with Crippen LogP contribution in [0.3, 0.4) is 0 Å². The molecule has 2 aliphatic heterocycles. The van der Waals surface area contributed by atoms with Gasteiger partial charge in [-0.1, -0.05) is 0 Å². The Morgan fingerprint density at radius 3 is 2.56 bits per heavy atom. The van der Waals surface area contributed by atoms with Crippen molar-refractivity contribution in [2.45, 2.75) is 25.8 Å². The summed E-state index contributed by atoms with van der Waals surface area (Å²) in [6.07, 6.45) is 6.30. The van der Waals surface area contributed by atoms with E-state index < -0.39 is 0 Å². The number of likely N-dealkylation sites (tertiary alicyclic amines) is 1. The summed E-state index contributed by atoms with van der Waals surface area (Å²) in [5, 5.41) is 0. The van der Waals surface area contributed by atoms with Crippen LogP contribution in [-0.2, 0) is 0 Å². The minimum atomic E-state index is 0.0596. The lowest BCUT2D eigenvalue weighted by Gasteiger charge is -2.42. The minimum absolute atomic E-state index is 0.0596. The maximum absolute atomic E-state index is 12.8. The highest BCUT2D eigenvalue weighted by Gasteiger charge is 2.29. The van der Waals surface area contributed by atoms with Crippen LogP contribution < -0.4 is 0 Å². The van der Waals surface area contributed by atoms with Gasteiger partial charge in [0.15, 0.2) is 0 Å². The van der Waals surface area contributed by atoms with Gasteiger partial charge >= 0.3 is 0 Å². The first kappa shape index (κ1) is 16.5. The quantitative estimate of drug-likeness (QED) is 0.830. The Balaban J connectivity index is 1.38. The minimum Gasteiger partial charge on any atom is -0.335 e. The number of piperidine rings is 1. The number of amides is 1. The van der Waals surface area contributed by atoms with Gasteiger partial charge in [0, 0.05) is 44.6 Å². The molecule has 4 rings (SSSR count). The molecule has 0 aliphatic carbocycles. The summed E-state index contributed by atoms with van der Waals surface area (Å²) in [5.41, 5.74) is 2.55. The Morgan fingerprint density at radius 2 is 1.84 bits per heavy atom. The van der Waals surface area contributed by atoms with Gasteiger partial charge in [0.2, 0.25) is 0 Å². The highest BCUT2D eigenvalue weighted by molar-refractivity contribution is 5.93. The van der Waals surface area contributed by atoms with Gasteiger partial charge in [0.1, 0.15) is 11.3 Å². The van der Waals surface area contributed by atoms with E-state index in [1.807, 2.05) is 40.8 Å². The van der Waals surface area contributed by atoms with E-state index in [1.54, 1.807) is 0 Å². The summed E-state index contributed by atoms with van der Waals surface area (Å²) in [6.45, 7) is 7.97. The van der Waals surface area contributed by atoms with Crippen LogP contribution in [0.1, 0.15) is 28.9 Å². The van der Waals surface area contributed by atoms with E-state index >= 15 is 0 Å². The van der Waals surface area contributed by atoms with Crippen molar-refractivity contribution in [2.75, 3.05) is 46.3 Å².